The number of rotatable bonds is 6. The largest absolute Gasteiger partial charge is 0.462 e. The van der Waals surface area contributed by atoms with Crippen molar-refractivity contribution in [3.63, 3.8) is 0 Å². The SMILES string of the molecule is N#Cc1ccc(NC(=O)CSCc2csc(-c3ccco3)n2)cc1. The molecule has 5 nitrogen and oxygen atoms in total. The average molecular weight is 355 g/mol. The van der Waals surface area contributed by atoms with Gasteiger partial charge in [-0.3, -0.25) is 4.79 Å². The van der Waals surface area contributed by atoms with E-state index in [-0.39, 0.29) is 5.91 Å². The van der Waals surface area contributed by atoms with Gasteiger partial charge in [0.1, 0.15) is 0 Å². The lowest BCUT2D eigenvalue weighted by Crippen LogP contribution is -2.14. The fourth-order valence-corrected chi connectivity index (χ4v) is 3.57. The smallest absolute Gasteiger partial charge is 0.234 e. The van der Waals surface area contributed by atoms with Gasteiger partial charge in [-0.25, -0.2) is 4.98 Å². The average Bonchev–Trinajstić information content (AvgIpc) is 3.27. The van der Waals surface area contributed by atoms with Crippen LogP contribution in [0.1, 0.15) is 11.3 Å². The van der Waals surface area contributed by atoms with Gasteiger partial charge in [-0.15, -0.1) is 23.1 Å². The number of anilines is 1. The van der Waals surface area contributed by atoms with Crippen LogP contribution in [0.2, 0.25) is 0 Å². The summed E-state index contributed by atoms with van der Waals surface area (Å²) in [6, 6.07) is 12.5. The molecular weight excluding hydrogens is 342 g/mol. The molecule has 0 atom stereocenters. The van der Waals surface area contributed by atoms with Crippen LogP contribution >= 0.6 is 23.1 Å². The van der Waals surface area contributed by atoms with Crippen molar-refractivity contribution in [3.05, 3.63) is 59.3 Å². The molecule has 7 heteroatoms. The maximum absolute atomic E-state index is 11.9. The minimum absolute atomic E-state index is 0.0776. The van der Waals surface area contributed by atoms with Gasteiger partial charge >= 0.3 is 0 Å². The van der Waals surface area contributed by atoms with Crippen molar-refractivity contribution in [1.29, 1.82) is 5.26 Å². The number of amides is 1. The summed E-state index contributed by atoms with van der Waals surface area (Å²) in [4.78, 5) is 16.4. The van der Waals surface area contributed by atoms with Gasteiger partial charge in [0.15, 0.2) is 10.8 Å². The number of carbonyl (C=O) groups excluding carboxylic acids is 1. The predicted octanol–water partition coefficient (Wildman–Crippen LogP) is 4.15. The van der Waals surface area contributed by atoms with Crippen molar-refractivity contribution in [3.8, 4) is 16.8 Å². The summed E-state index contributed by atoms with van der Waals surface area (Å²) in [7, 11) is 0. The highest BCUT2D eigenvalue weighted by Gasteiger charge is 2.08. The van der Waals surface area contributed by atoms with Gasteiger partial charge in [0, 0.05) is 16.8 Å². The molecule has 3 aromatic rings. The molecule has 2 aromatic heterocycles. The number of hydrogen-bond donors (Lipinski definition) is 1. The lowest BCUT2D eigenvalue weighted by Gasteiger charge is -2.04. The van der Waals surface area contributed by atoms with Crippen LogP contribution in [0.3, 0.4) is 0 Å². The third-order valence-corrected chi connectivity index (χ3v) is 4.94. The Balaban J connectivity index is 1.46. The quantitative estimate of drug-likeness (QED) is 0.719. The first-order valence-corrected chi connectivity index (χ1v) is 9.14. The van der Waals surface area contributed by atoms with Crippen LogP contribution in [0.15, 0.2) is 52.5 Å². The van der Waals surface area contributed by atoms with Crippen molar-refractivity contribution < 1.29 is 9.21 Å². The normalized spacial score (nSPS) is 10.3. The van der Waals surface area contributed by atoms with Crippen LogP contribution in [-0.4, -0.2) is 16.6 Å². The van der Waals surface area contributed by atoms with E-state index < -0.39 is 0 Å². The topological polar surface area (TPSA) is 78.9 Å². The molecule has 0 radical (unpaired) electrons. The molecule has 0 fully saturated rings. The summed E-state index contributed by atoms with van der Waals surface area (Å²) in [5.41, 5.74) is 2.19. The Hall–Kier alpha value is -2.56. The summed E-state index contributed by atoms with van der Waals surface area (Å²) in [5, 5.41) is 14.4. The molecule has 1 aromatic carbocycles. The Labute approximate surface area is 147 Å². The monoisotopic (exact) mass is 355 g/mol. The van der Waals surface area contributed by atoms with Crippen molar-refractivity contribution in [2.75, 3.05) is 11.1 Å². The van der Waals surface area contributed by atoms with Crippen molar-refractivity contribution in [2.24, 2.45) is 0 Å². The van der Waals surface area contributed by atoms with Crippen molar-refractivity contribution >= 4 is 34.7 Å². The van der Waals surface area contributed by atoms with E-state index in [1.54, 1.807) is 30.5 Å². The first kappa shape index (κ1) is 16.3. The Morgan fingerprint density at radius 3 is 2.88 bits per heavy atom. The number of hydrogen-bond acceptors (Lipinski definition) is 6. The molecule has 0 unspecified atom stereocenters. The number of thioether (sulfide) groups is 1. The van der Waals surface area contributed by atoms with E-state index in [4.69, 9.17) is 9.68 Å². The van der Waals surface area contributed by atoms with Crippen LogP contribution in [0.25, 0.3) is 10.8 Å². The number of nitriles is 1. The first-order chi connectivity index (χ1) is 11.7. The zero-order valence-electron chi connectivity index (χ0n) is 12.6. The predicted molar refractivity (Wildman–Crippen MR) is 95.8 cm³/mol. The van der Waals surface area contributed by atoms with Crippen molar-refractivity contribution in [2.45, 2.75) is 5.75 Å². The molecule has 0 aliphatic carbocycles. The number of nitrogens with one attached hydrogen (secondary N) is 1. The summed E-state index contributed by atoms with van der Waals surface area (Å²) in [5.74, 6) is 1.69. The minimum Gasteiger partial charge on any atom is -0.462 e. The molecule has 24 heavy (non-hydrogen) atoms. The van der Waals surface area contributed by atoms with E-state index in [0.717, 1.165) is 16.5 Å². The van der Waals surface area contributed by atoms with Crippen LogP contribution in [0.4, 0.5) is 5.69 Å². The van der Waals surface area contributed by atoms with E-state index in [1.807, 2.05) is 23.6 Å². The lowest BCUT2D eigenvalue weighted by molar-refractivity contribution is -0.113. The summed E-state index contributed by atoms with van der Waals surface area (Å²) < 4.78 is 5.32. The third kappa shape index (κ3) is 4.25. The molecule has 0 saturated heterocycles. The molecule has 3 rings (SSSR count). The fraction of sp³-hybridized carbons (Fsp3) is 0.118. The summed E-state index contributed by atoms with van der Waals surface area (Å²) in [6.07, 6.45) is 1.62. The highest BCUT2D eigenvalue weighted by atomic mass is 32.2. The Bertz CT molecular complexity index is 849. The molecule has 1 N–H and O–H groups in total. The molecule has 0 saturated carbocycles. The van der Waals surface area contributed by atoms with Crippen LogP contribution < -0.4 is 5.32 Å². The minimum atomic E-state index is -0.0776. The maximum atomic E-state index is 11.9. The molecule has 0 spiro atoms. The molecule has 0 aliphatic heterocycles. The third-order valence-electron chi connectivity index (χ3n) is 3.06. The molecule has 2 heterocycles. The number of aromatic nitrogens is 1. The highest BCUT2D eigenvalue weighted by Crippen LogP contribution is 2.25. The highest BCUT2D eigenvalue weighted by molar-refractivity contribution is 7.99. The zero-order valence-corrected chi connectivity index (χ0v) is 14.2. The van der Waals surface area contributed by atoms with E-state index in [2.05, 4.69) is 10.3 Å². The summed E-state index contributed by atoms with van der Waals surface area (Å²) in [6.45, 7) is 0. The van der Waals surface area contributed by atoms with Gasteiger partial charge in [-0.05, 0) is 36.4 Å². The van der Waals surface area contributed by atoms with Gasteiger partial charge in [-0.1, -0.05) is 0 Å². The number of thiazole rings is 1. The number of furan rings is 1. The zero-order chi connectivity index (χ0) is 16.8. The molecule has 0 aliphatic rings. The second-order valence-corrected chi connectivity index (χ2v) is 6.70. The van der Waals surface area contributed by atoms with E-state index in [0.29, 0.717) is 22.8 Å². The van der Waals surface area contributed by atoms with E-state index in [9.17, 15) is 4.79 Å². The fourth-order valence-electron chi connectivity index (χ4n) is 1.96. The second-order valence-electron chi connectivity index (χ2n) is 4.85. The maximum Gasteiger partial charge on any atom is 0.234 e. The van der Waals surface area contributed by atoms with Crippen LogP contribution in [0.5, 0.6) is 0 Å². The van der Waals surface area contributed by atoms with Crippen molar-refractivity contribution in [1.82, 2.24) is 4.98 Å². The Kier molecular flexibility index (Phi) is 5.31. The second kappa shape index (κ2) is 7.81. The van der Waals surface area contributed by atoms with E-state index in [1.165, 1.54) is 23.1 Å². The van der Waals surface area contributed by atoms with Gasteiger partial charge in [0.2, 0.25) is 5.91 Å². The first-order valence-electron chi connectivity index (χ1n) is 7.10. The lowest BCUT2D eigenvalue weighted by atomic mass is 10.2. The van der Waals surface area contributed by atoms with Gasteiger partial charge in [0.25, 0.3) is 0 Å². The molecule has 1 amide bonds. The standard InChI is InChI=1S/C17H13N3O2S2/c18-8-12-3-5-13(6-4-12)19-16(21)11-23-9-14-10-24-17(20-14)15-2-1-7-22-15/h1-7,10H,9,11H2,(H,19,21). The van der Waals surface area contributed by atoms with Gasteiger partial charge in [-0.2, -0.15) is 5.26 Å². The Morgan fingerprint density at radius 1 is 1.33 bits per heavy atom. The molecule has 120 valence electrons. The summed E-state index contributed by atoms with van der Waals surface area (Å²) >= 11 is 3.03. The number of carbonyl (C=O) groups is 1. The van der Waals surface area contributed by atoms with Crippen LogP contribution in [-0.2, 0) is 10.5 Å². The van der Waals surface area contributed by atoms with Gasteiger partial charge < -0.3 is 9.73 Å². The molecule has 0 bridgehead atoms. The van der Waals surface area contributed by atoms with Crippen LogP contribution in [0, 0.1) is 11.3 Å². The van der Waals surface area contributed by atoms with Gasteiger partial charge in [0.05, 0.1) is 29.3 Å². The number of nitrogens with zero attached hydrogens (tertiary/aromatic N) is 2. The Morgan fingerprint density at radius 2 is 2.17 bits per heavy atom. The van der Waals surface area contributed by atoms with E-state index >= 15 is 0 Å². The number of benzene rings is 1. The molecular formula is C17H13N3O2S2.